The van der Waals surface area contributed by atoms with Crippen LogP contribution in [0.4, 0.5) is 22.0 Å². The summed E-state index contributed by atoms with van der Waals surface area (Å²) in [7, 11) is 0. The molecule has 0 saturated carbocycles. The number of pyridine rings is 1. The summed E-state index contributed by atoms with van der Waals surface area (Å²) in [5, 5.41) is 0. The van der Waals surface area contributed by atoms with Crippen molar-refractivity contribution in [1.82, 2.24) is 14.5 Å². The molecule has 2 rings (SSSR count). The van der Waals surface area contributed by atoms with Gasteiger partial charge in [-0.1, -0.05) is 0 Å². The molecule has 0 aromatic carbocycles. The molecule has 0 bridgehead atoms. The lowest BCUT2D eigenvalue weighted by Crippen LogP contribution is -2.33. The molecule has 10 heteroatoms. The van der Waals surface area contributed by atoms with Crippen LogP contribution in [-0.4, -0.2) is 26.6 Å². The van der Waals surface area contributed by atoms with Crippen molar-refractivity contribution in [2.24, 2.45) is 5.73 Å². The zero-order chi connectivity index (χ0) is 15.8. The fourth-order valence-corrected chi connectivity index (χ4v) is 1.49. The smallest absolute Gasteiger partial charge is 0.364 e. The number of hydrogen-bond acceptors (Lipinski definition) is 3. The number of aromatic nitrogens is 3. The van der Waals surface area contributed by atoms with Crippen molar-refractivity contribution in [1.29, 1.82) is 0 Å². The number of carbonyl (C=O) groups excluding carboxylic acids is 1. The number of rotatable bonds is 3. The minimum atomic E-state index is -5.75. The summed E-state index contributed by atoms with van der Waals surface area (Å²) < 4.78 is 63.8. The van der Waals surface area contributed by atoms with Gasteiger partial charge in [-0.2, -0.15) is 22.0 Å². The average molecular weight is 306 g/mol. The van der Waals surface area contributed by atoms with E-state index in [1.54, 1.807) is 0 Å². The number of alkyl halides is 5. The van der Waals surface area contributed by atoms with Crippen LogP contribution >= 0.6 is 0 Å². The Morgan fingerprint density at radius 2 is 1.86 bits per heavy atom. The van der Waals surface area contributed by atoms with Gasteiger partial charge in [0.1, 0.15) is 11.4 Å². The highest BCUT2D eigenvalue weighted by atomic mass is 19.4. The van der Waals surface area contributed by atoms with E-state index in [1.165, 1.54) is 6.07 Å². The first-order valence-corrected chi connectivity index (χ1v) is 5.38. The van der Waals surface area contributed by atoms with E-state index in [0.29, 0.717) is 6.20 Å². The molecule has 112 valence electrons. The number of nitrogens with zero attached hydrogens (tertiary/aromatic N) is 3. The van der Waals surface area contributed by atoms with Gasteiger partial charge in [0.25, 0.3) is 5.91 Å². The van der Waals surface area contributed by atoms with Gasteiger partial charge in [-0.25, -0.2) is 4.98 Å². The first-order chi connectivity index (χ1) is 9.63. The molecule has 2 aromatic heterocycles. The summed E-state index contributed by atoms with van der Waals surface area (Å²) in [4.78, 5) is 17.6. The zero-order valence-corrected chi connectivity index (χ0v) is 10.1. The molecule has 0 aliphatic heterocycles. The van der Waals surface area contributed by atoms with Crippen LogP contribution in [0.3, 0.4) is 0 Å². The molecule has 5 nitrogen and oxygen atoms in total. The van der Waals surface area contributed by atoms with Crippen molar-refractivity contribution in [2.75, 3.05) is 0 Å². The number of amides is 1. The molecule has 1 amide bonds. The summed E-state index contributed by atoms with van der Waals surface area (Å²) in [6.45, 7) is 0. The number of primary amides is 1. The molecule has 0 aliphatic carbocycles. The standard InChI is InChI=1S/C11H7F5N4O/c12-10(13,11(14,15)16)8-4-20(5-19-8)6-1-2-18-7(3-6)9(17)21/h1-5H,(H2,17,21). The van der Waals surface area contributed by atoms with Crippen molar-refractivity contribution >= 4 is 5.91 Å². The van der Waals surface area contributed by atoms with Gasteiger partial charge in [-0.05, 0) is 12.1 Å². The minimum Gasteiger partial charge on any atom is -0.364 e. The predicted octanol–water partition coefficient (Wildman–Crippen LogP) is 2.02. The van der Waals surface area contributed by atoms with Gasteiger partial charge in [0, 0.05) is 12.4 Å². The largest absolute Gasteiger partial charge is 0.459 e. The molecular weight excluding hydrogens is 299 g/mol. The molecular formula is C11H7F5N4O. The molecule has 0 saturated heterocycles. The number of imidazole rings is 1. The summed E-state index contributed by atoms with van der Waals surface area (Å²) in [5.74, 6) is -5.93. The van der Waals surface area contributed by atoms with E-state index in [0.717, 1.165) is 23.2 Å². The van der Waals surface area contributed by atoms with Crippen LogP contribution in [0.25, 0.3) is 5.69 Å². The quantitative estimate of drug-likeness (QED) is 0.882. The van der Waals surface area contributed by atoms with Gasteiger partial charge in [-0.3, -0.25) is 9.78 Å². The van der Waals surface area contributed by atoms with Gasteiger partial charge in [-0.15, -0.1) is 0 Å². The third-order valence-electron chi connectivity index (χ3n) is 2.55. The number of halogens is 5. The first-order valence-electron chi connectivity index (χ1n) is 5.38. The van der Waals surface area contributed by atoms with Crippen molar-refractivity contribution in [2.45, 2.75) is 12.1 Å². The number of carbonyl (C=O) groups is 1. The third kappa shape index (κ3) is 2.69. The Morgan fingerprint density at radius 3 is 2.43 bits per heavy atom. The van der Waals surface area contributed by atoms with Crippen molar-refractivity contribution in [3.63, 3.8) is 0 Å². The topological polar surface area (TPSA) is 73.8 Å². The van der Waals surface area contributed by atoms with E-state index < -0.39 is 23.7 Å². The van der Waals surface area contributed by atoms with Crippen LogP contribution in [0.1, 0.15) is 16.2 Å². The summed E-state index contributed by atoms with van der Waals surface area (Å²) in [6, 6.07) is 2.43. The minimum absolute atomic E-state index is 0.121. The van der Waals surface area contributed by atoms with Crippen molar-refractivity contribution < 1.29 is 26.7 Å². The van der Waals surface area contributed by atoms with Crippen LogP contribution in [-0.2, 0) is 5.92 Å². The van der Waals surface area contributed by atoms with Gasteiger partial charge in [0.05, 0.1) is 12.0 Å². The molecule has 0 fully saturated rings. The lowest BCUT2D eigenvalue weighted by molar-refractivity contribution is -0.290. The highest BCUT2D eigenvalue weighted by Gasteiger charge is 2.60. The zero-order valence-electron chi connectivity index (χ0n) is 10.1. The lowest BCUT2D eigenvalue weighted by Gasteiger charge is -2.16. The molecule has 0 atom stereocenters. The summed E-state index contributed by atoms with van der Waals surface area (Å²) in [5.41, 5.74) is 3.50. The van der Waals surface area contributed by atoms with Crippen LogP contribution in [0, 0.1) is 0 Å². The Kier molecular flexibility index (Phi) is 3.39. The van der Waals surface area contributed by atoms with Gasteiger partial charge < -0.3 is 10.3 Å². The Labute approximate surface area is 114 Å². The average Bonchev–Trinajstić information content (AvgIpc) is 2.87. The summed E-state index contributed by atoms with van der Waals surface area (Å²) in [6.07, 6.45) is -3.29. The molecule has 0 aliphatic rings. The fourth-order valence-electron chi connectivity index (χ4n) is 1.49. The van der Waals surface area contributed by atoms with Crippen LogP contribution < -0.4 is 5.73 Å². The predicted molar refractivity (Wildman–Crippen MR) is 59.8 cm³/mol. The Hall–Kier alpha value is -2.52. The van der Waals surface area contributed by atoms with Gasteiger partial charge in [0.2, 0.25) is 0 Å². The Balaban J connectivity index is 2.41. The number of hydrogen-bond donors (Lipinski definition) is 1. The van der Waals surface area contributed by atoms with E-state index >= 15 is 0 Å². The Morgan fingerprint density at radius 1 is 1.19 bits per heavy atom. The van der Waals surface area contributed by atoms with E-state index in [-0.39, 0.29) is 11.4 Å². The Bertz CT molecular complexity index is 679. The van der Waals surface area contributed by atoms with Crippen LogP contribution in [0.2, 0.25) is 0 Å². The van der Waals surface area contributed by atoms with Crippen LogP contribution in [0.15, 0.2) is 30.9 Å². The second-order valence-corrected chi connectivity index (χ2v) is 4.00. The maximum absolute atomic E-state index is 13.1. The van der Waals surface area contributed by atoms with Crippen molar-refractivity contribution in [3.05, 3.63) is 42.2 Å². The maximum Gasteiger partial charge on any atom is 0.459 e. The van der Waals surface area contributed by atoms with E-state index in [1.807, 2.05) is 0 Å². The fraction of sp³-hybridized carbons (Fsp3) is 0.182. The highest BCUT2D eigenvalue weighted by Crippen LogP contribution is 2.43. The molecule has 0 unspecified atom stereocenters. The van der Waals surface area contributed by atoms with Gasteiger partial charge >= 0.3 is 12.1 Å². The lowest BCUT2D eigenvalue weighted by atomic mass is 10.2. The SMILES string of the molecule is NC(=O)c1cc(-n2cnc(C(F)(F)C(F)(F)F)c2)ccn1. The van der Waals surface area contributed by atoms with Gasteiger partial charge in [0.15, 0.2) is 0 Å². The molecule has 2 aromatic rings. The molecule has 2 heterocycles. The van der Waals surface area contributed by atoms with E-state index in [9.17, 15) is 26.7 Å². The second kappa shape index (κ2) is 4.79. The molecule has 0 radical (unpaired) electrons. The highest BCUT2D eigenvalue weighted by molar-refractivity contribution is 5.91. The van der Waals surface area contributed by atoms with Crippen LogP contribution in [0.5, 0.6) is 0 Å². The monoisotopic (exact) mass is 306 g/mol. The molecule has 21 heavy (non-hydrogen) atoms. The molecule has 0 spiro atoms. The van der Waals surface area contributed by atoms with E-state index in [2.05, 4.69) is 9.97 Å². The first kappa shape index (κ1) is 14.9. The maximum atomic E-state index is 13.1. The van der Waals surface area contributed by atoms with Crippen molar-refractivity contribution in [3.8, 4) is 5.69 Å². The molecule has 2 N–H and O–H groups in total. The second-order valence-electron chi connectivity index (χ2n) is 4.00. The summed E-state index contributed by atoms with van der Waals surface area (Å²) >= 11 is 0. The van der Waals surface area contributed by atoms with E-state index in [4.69, 9.17) is 5.73 Å². The third-order valence-corrected chi connectivity index (χ3v) is 2.55. The number of nitrogens with two attached hydrogens (primary N) is 1. The normalized spacial score (nSPS) is 12.4.